The number of carbonyl (C=O) groups is 3. The standard InChI is InChI=1S/C47H52ClN5O7S.C46H45N5O6/c1-47(2)17-13-36(42(28-47)33-5-8-37(48)9-6-33)30-51-19-21-52(22-20-51)38-10-12-41(45(26-38)60-39-25-35-14-18-49-46(35)50-29-39)44(54)31-61(57,58)40-11-7-34(43(27-40)53(55)56)4-3-32-15-23-59-24-16-32;1-47-17-15-31-23-34(11-14-40(31)47)51(33-9-12-36(52)13-10-33)46(54)39-24-42(49-16-5-4-8-41(39)49)37-25-43-44(57-29-56-43)26-38(37)45(53)50-27-32-7-3-2-6-30(32)22-35(50)28-48-18-20-55-21-19-48/h5-12,14,18,25-27,29,32H,3-4,13,15-17,19-24,28,30-31H2,1-2H3,(H,49,50);2-3,6-7,9-15,17,23-26,35,52H,4-5,8,16,18-22,27-29H2,1H3/t;35-/m.0/s1. The molecule has 4 aromatic heterocycles. The third kappa shape index (κ3) is 17.2. The fourth-order valence-corrected chi connectivity index (χ4v) is 19.4. The Labute approximate surface area is 691 Å². The molecule has 3 saturated heterocycles. The van der Waals surface area contributed by atoms with Crippen molar-refractivity contribution >= 4 is 89.3 Å². The number of phenols is 1. The van der Waals surface area contributed by atoms with Crippen LogP contribution in [0, 0.1) is 21.4 Å². The van der Waals surface area contributed by atoms with E-state index in [1.54, 1.807) is 59.8 Å². The van der Waals surface area contributed by atoms with E-state index in [-0.39, 0.29) is 57.7 Å². The lowest BCUT2D eigenvalue weighted by atomic mass is 9.72. The molecule has 18 rings (SSSR count). The molecule has 11 aromatic rings. The van der Waals surface area contributed by atoms with Crippen LogP contribution < -0.4 is 24.0 Å². The number of nitrogens with one attached hydrogen (secondary N) is 1. The molecule has 0 unspecified atom stereocenters. The molecule has 10 heterocycles. The highest BCUT2D eigenvalue weighted by Gasteiger charge is 2.38. The number of aromatic hydroxyl groups is 1. The number of pyridine rings is 1. The number of rotatable bonds is 21. The first kappa shape index (κ1) is 79.4. The first-order chi connectivity index (χ1) is 57.2. The van der Waals surface area contributed by atoms with Crippen LogP contribution in [0.1, 0.15) is 124 Å². The van der Waals surface area contributed by atoms with Crippen molar-refractivity contribution in [1.82, 2.24) is 33.8 Å². The van der Waals surface area contributed by atoms with Gasteiger partial charge in [0.2, 0.25) is 6.79 Å². The van der Waals surface area contributed by atoms with Crippen LogP contribution >= 0.6 is 11.6 Å². The Hall–Kier alpha value is -11.1. The maximum Gasteiger partial charge on any atom is 0.273 e. The Bertz CT molecular complexity index is 5780. The Morgan fingerprint density at radius 3 is 2.31 bits per heavy atom. The SMILES string of the molecule is CC1(C)CCC(CN2CCN(c3ccc(C(=O)CS(=O)(=O)c4ccc(CCC5CCOCC5)c([N+](=O)[O-])c4)c(Oc4cnc5[nH]ccc5c4)c3)CC2)=C(c2ccc(Cl)cc2)C1.Cn1ccc2cc(N(C(=O)c3cc(-c4cc5c(cc4C(=O)N4Cc6ccccc6C[C@H]4CN4CCOCC4)OCO5)n4c3CCCC4)c3ccc(O)cc3)ccc21. The van der Waals surface area contributed by atoms with E-state index in [4.69, 9.17) is 35.3 Å². The number of halogens is 1. The second-order valence-electron chi connectivity index (χ2n) is 32.9. The zero-order valence-electron chi connectivity index (χ0n) is 66.7. The van der Waals surface area contributed by atoms with Crippen LogP contribution in [0.15, 0.2) is 193 Å². The lowest BCUT2D eigenvalue weighted by molar-refractivity contribution is -0.385. The molecule has 2 amide bonds. The average Bonchev–Trinajstić information content (AvgIpc) is 1.59. The predicted octanol–water partition coefficient (Wildman–Crippen LogP) is 17.0. The van der Waals surface area contributed by atoms with Gasteiger partial charge >= 0.3 is 0 Å². The summed E-state index contributed by atoms with van der Waals surface area (Å²) in [5, 5.41) is 24.9. The maximum absolute atomic E-state index is 15.3. The molecule has 1 atom stereocenters. The van der Waals surface area contributed by atoms with Gasteiger partial charge < -0.3 is 52.7 Å². The summed E-state index contributed by atoms with van der Waals surface area (Å²) in [4.78, 5) is 74.2. The normalized spacial score (nSPS) is 17.7. The summed E-state index contributed by atoms with van der Waals surface area (Å²) in [5.74, 6) is 0.405. The van der Waals surface area contributed by atoms with E-state index in [2.05, 4.69) is 78.0 Å². The Kier molecular flexibility index (Phi) is 22.9. The number of carbonyl (C=O) groups excluding carboxylic acids is 3. The number of piperazine rings is 1. The number of H-pyrrole nitrogens is 1. The van der Waals surface area contributed by atoms with Gasteiger partial charge in [-0.05, 0) is 213 Å². The van der Waals surface area contributed by atoms with Crippen LogP contribution in [0.5, 0.6) is 28.7 Å². The molecule has 2 N–H and O–H groups in total. The topological polar surface area (TPSA) is 250 Å². The average molecular weight is 1630 g/mol. The van der Waals surface area contributed by atoms with Crippen LogP contribution in [-0.2, 0) is 58.7 Å². The maximum atomic E-state index is 15.3. The minimum Gasteiger partial charge on any atom is -0.508 e. The number of aromatic nitrogens is 4. The van der Waals surface area contributed by atoms with Gasteiger partial charge in [-0.2, -0.15) is 0 Å². The van der Waals surface area contributed by atoms with Gasteiger partial charge in [-0.1, -0.05) is 73.5 Å². The largest absolute Gasteiger partial charge is 0.508 e. The van der Waals surface area contributed by atoms with Gasteiger partial charge in [0, 0.05) is 177 Å². The molecule has 7 aliphatic rings. The van der Waals surface area contributed by atoms with Gasteiger partial charge in [-0.3, -0.25) is 39.2 Å². The molecule has 3 fully saturated rings. The number of phenolic OH excluding ortho intramolecular Hbond substituents is 1. The van der Waals surface area contributed by atoms with Crippen LogP contribution in [-0.4, -0.2) is 167 Å². The Morgan fingerprint density at radius 2 is 1.52 bits per heavy atom. The number of hydrogen-bond acceptors (Lipinski definition) is 17. The minimum absolute atomic E-state index is 0.0389. The number of morpholine rings is 1. The van der Waals surface area contributed by atoms with Gasteiger partial charge in [0.05, 0.1) is 45.9 Å². The Balaban J connectivity index is 0.000000169. The molecule has 0 saturated carbocycles. The number of hydrogen-bond donors (Lipinski definition) is 2. The van der Waals surface area contributed by atoms with Crippen LogP contribution in [0.4, 0.5) is 22.7 Å². The van der Waals surface area contributed by atoms with Gasteiger partial charge in [0.1, 0.15) is 28.6 Å². The summed E-state index contributed by atoms with van der Waals surface area (Å²) in [6.45, 7) is 15.2. The monoisotopic (exact) mass is 1630 g/mol. The highest BCUT2D eigenvalue weighted by Crippen LogP contribution is 2.47. The highest BCUT2D eigenvalue weighted by molar-refractivity contribution is 7.92. The second-order valence-corrected chi connectivity index (χ2v) is 35.4. The number of amides is 2. The number of sulfone groups is 1. The summed E-state index contributed by atoms with van der Waals surface area (Å²) in [7, 11) is -2.27. The van der Waals surface area contributed by atoms with Crippen molar-refractivity contribution in [1.29, 1.82) is 0 Å². The molecule has 25 heteroatoms. The van der Waals surface area contributed by atoms with E-state index in [1.807, 2.05) is 90.9 Å². The number of benzene rings is 7. The summed E-state index contributed by atoms with van der Waals surface area (Å²) in [5.41, 5.74) is 14.6. The predicted molar refractivity (Wildman–Crippen MR) is 456 cm³/mol. The molecule has 1 aliphatic carbocycles. The molecule has 23 nitrogen and oxygen atoms in total. The molecule has 610 valence electrons. The van der Waals surface area contributed by atoms with E-state index < -0.39 is 26.3 Å². The molecule has 6 aliphatic heterocycles. The van der Waals surface area contributed by atoms with Crippen molar-refractivity contribution in [3.05, 3.63) is 248 Å². The van der Waals surface area contributed by atoms with E-state index in [1.165, 1.54) is 34.4 Å². The number of aromatic amines is 1. The first-order valence-corrected chi connectivity index (χ1v) is 43.1. The Morgan fingerprint density at radius 1 is 0.754 bits per heavy atom. The number of ether oxygens (including phenoxy) is 5. The third-order valence-electron chi connectivity index (χ3n) is 24.6. The number of aryl methyl sites for hydroxylation is 2. The fourth-order valence-electron chi connectivity index (χ4n) is 18.0. The highest BCUT2D eigenvalue weighted by atomic mass is 35.5. The molecule has 0 bridgehead atoms. The van der Waals surface area contributed by atoms with Crippen molar-refractivity contribution < 1.29 is 56.5 Å². The summed E-state index contributed by atoms with van der Waals surface area (Å²) in [6.07, 6.45) is 14.9. The summed E-state index contributed by atoms with van der Waals surface area (Å²) in [6, 6.07) is 50.0. The van der Waals surface area contributed by atoms with Crippen molar-refractivity contribution in [3.63, 3.8) is 0 Å². The minimum atomic E-state index is -4.27. The number of ketones is 1. The van der Waals surface area contributed by atoms with E-state index in [0.717, 1.165) is 178 Å². The number of Topliss-reactive ketones (excluding diaryl/α,β-unsaturated/α-hetero) is 1. The zero-order valence-corrected chi connectivity index (χ0v) is 68.3. The smallest absolute Gasteiger partial charge is 0.273 e. The molecule has 0 spiro atoms. The quantitative estimate of drug-likeness (QED) is 0.0385. The number of nitrogens with zero attached hydrogens (tertiary/aromatic N) is 9. The van der Waals surface area contributed by atoms with E-state index in [0.29, 0.717) is 97.1 Å². The summed E-state index contributed by atoms with van der Waals surface area (Å²) >= 11 is 6.24. The molecule has 7 aromatic carbocycles. The second kappa shape index (κ2) is 34.1. The van der Waals surface area contributed by atoms with Crippen LogP contribution in [0.3, 0.4) is 0 Å². The number of anilines is 3. The number of nitro benzene ring substituents is 1. The van der Waals surface area contributed by atoms with Crippen molar-refractivity contribution in [2.75, 3.05) is 101 Å². The first-order valence-electron chi connectivity index (χ1n) is 41.0. The van der Waals surface area contributed by atoms with Crippen molar-refractivity contribution in [2.45, 2.75) is 109 Å². The lowest BCUT2D eigenvalue weighted by Gasteiger charge is -2.40. The molecular weight excluding hydrogens is 1530 g/mol. The van der Waals surface area contributed by atoms with Gasteiger partial charge in [0.25, 0.3) is 17.5 Å². The van der Waals surface area contributed by atoms with Crippen LogP contribution in [0.25, 0.3) is 38.8 Å². The van der Waals surface area contributed by atoms with Crippen molar-refractivity contribution in [2.24, 2.45) is 18.4 Å². The van der Waals surface area contributed by atoms with Gasteiger partial charge in [-0.25, -0.2) is 13.4 Å². The summed E-state index contributed by atoms with van der Waals surface area (Å²) < 4.78 is 61.2. The molecule has 0 radical (unpaired) electrons. The number of nitro groups is 1. The van der Waals surface area contributed by atoms with E-state index >= 15 is 9.59 Å². The molecular formula is C93H97ClN10O13S. The zero-order chi connectivity index (χ0) is 81.3. The van der Waals surface area contributed by atoms with Crippen LogP contribution in [0.2, 0.25) is 5.02 Å². The third-order valence-corrected chi connectivity index (χ3v) is 26.5. The van der Waals surface area contributed by atoms with Crippen molar-refractivity contribution in [3.8, 4) is 40.0 Å². The van der Waals surface area contributed by atoms with E-state index in [9.17, 15) is 28.4 Å². The fraction of sp³-hybridized carbons (Fsp3) is 0.355. The molecule has 118 heavy (non-hydrogen) atoms. The van der Waals surface area contributed by atoms with Gasteiger partial charge in [-0.15, -0.1) is 0 Å². The number of allylic oxidation sites excluding steroid dienone is 1. The number of fused-ring (bicyclic) bond motifs is 5. The van der Waals surface area contributed by atoms with Gasteiger partial charge in [0.15, 0.2) is 27.1 Å². The lowest BCUT2D eigenvalue weighted by Crippen LogP contribution is -2.52.